The minimum atomic E-state index is 0.243. The van der Waals surface area contributed by atoms with E-state index in [1.807, 2.05) is 0 Å². The maximum Gasteiger partial charge on any atom is 0.264 e. The number of nitrogens with zero attached hydrogens (tertiary/aromatic N) is 2. The molecule has 0 spiro atoms. The fourth-order valence-corrected chi connectivity index (χ4v) is 10.2. The smallest absolute Gasteiger partial charge is 0.264 e. The van der Waals surface area contributed by atoms with E-state index in [2.05, 4.69) is 125 Å². The fraction of sp³-hybridized carbons (Fsp3) is 0.268. The summed E-state index contributed by atoms with van der Waals surface area (Å²) in [6.07, 6.45) is 12.4. The summed E-state index contributed by atoms with van der Waals surface area (Å²) in [6, 6.07) is 36.6. The van der Waals surface area contributed by atoms with Crippen LogP contribution >= 0.6 is 11.3 Å². The first kappa shape index (κ1) is 27.3. The van der Waals surface area contributed by atoms with Crippen LogP contribution in [0.15, 0.2) is 109 Å². The number of allylic oxidation sites excluding steroid dienone is 1. The molecule has 1 saturated carbocycles. The van der Waals surface area contributed by atoms with E-state index < -0.39 is 0 Å². The summed E-state index contributed by atoms with van der Waals surface area (Å²) in [5.41, 5.74) is 15.4. The maximum absolute atomic E-state index is 4.37. The zero-order chi connectivity index (χ0) is 29.9. The van der Waals surface area contributed by atoms with E-state index >= 15 is 0 Å². The summed E-state index contributed by atoms with van der Waals surface area (Å²) in [5.74, 6) is 0.748. The van der Waals surface area contributed by atoms with Crippen LogP contribution in [0.5, 0.6) is 0 Å². The van der Waals surface area contributed by atoms with Gasteiger partial charge in [-0.3, -0.25) is 0 Å². The Morgan fingerprint density at radius 2 is 1.42 bits per heavy atom. The number of fused-ring (bicyclic) bond motifs is 6. The Labute approximate surface area is 272 Å². The van der Waals surface area contributed by atoms with Crippen molar-refractivity contribution < 1.29 is 0 Å². The van der Waals surface area contributed by atoms with Crippen LogP contribution in [0.25, 0.3) is 0 Å². The Morgan fingerprint density at radius 3 is 2.20 bits per heavy atom. The lowest BCUT2D eigenvalue weighted by atomic mass is 9.36. The van der Waals surface area contributed by atoms with Gasteiger partial charge in [-0.15, -0.1) is 0 Å². The number of thiophene rings is 1. The molecule has 1 fully saturated rings. The summed E-state index contributed by atoms with van der Waals surface area (Å²) < 4.78 is 1.54. The van der Waals surface area contributed by atoms with Gasteiger partial charge >= 0.3 is 0 Å². The molecular weight excluding hydrogens is 563 g/mol. The van der Waals surface area contributed by atoms with Gasteiger partial charge in [-0.1, -0.05) is 66.7 Å². The molecule has 2 aliphatic carbocycles. The van der Waals surface area contributed by atoms with Gasteiger partial charge in [0.05, 0.1) is 5.69 Å². The molecule has 2 aliphatic heterocycles. The van der Waals surface area contributed by atoms with E-state index in [4.69, 9.17) is 0 Å². The van der Waals surface area contributed by atoms with Gasteiger partial charge in [-0.25, -0.2) is 0 Å². The Kier molecular flexibility index (Phi) is 6.74. The Bertz CT molecular complexity index is 1910. The van der Waals surface area contributed by atoms with Gasteiger partial charge in [0.25, 0.3) is 6.71 Å². The standard InChI is InChI=1S/C41H39BN2S/c1-28-13-12-14-29(25-28)23-24-30-26-36-39-37(27-30)44(32-17-6-3-7-18-32)40-33-19-8-11-22-38(33)45-41(40)42(39)34-20-9-10-21-35(34)43(36)31-15-4-2-5-16-31/h2-7,9-10,15-18,20-21,26-27,29H,1,8,11-14,19,22-25H2. The third kappa shape index (κ3) is 4.52. The van der Waals surface area contributed by atoms with Crippen LogP contribution in [-0.4, -0.2) is 6.71 Å². The molecule has 4 aromatic carbocycles. The van der Waals surface area contributed by atoms with E-state index in [9.17, 15) is 0 Å². The number of rotatable bonds is 5. The van der Waals surface area contributed by atoms with Crippen molar-refractivity contribution in [1.29, 1.82) is 0 Å². The monoisotopic (exact) mass is 602 g/mol. The summed E-state index contributed by atoms with van der Waals surface area (Å²) in [7, 11) is 0. The third-order valence-electron chi connectivity index (χ3n) is 10.7. The molecular formula is C41H39BN2S. The molecule has 4 heteroatoms. The van der Waals surface area contributed by atoms with Crippen molar-refractivity contribution in [2.75, 3.05) is 9.80 Å². The van der Waals surface area contributed by atoms with E-state index in [0.717, 1.165) is 12.3 Å². The molecule has 222 valence electrons. The lowest BCUT2D eigenvalue weighted by molar-refractivity contribution is 0.394. The van der Waals surface area contributed by atoms with Crippen molar-refractivity contribution in [1.82, 2.24) is 0 Å². The van der Waals surface area contributed by atoms with Gasteiger partial charge in [0.1, 0.15) is 0 Å². The lowest BCUT2D eigenvalue weighted by Crippen LogP contribution is -2.60. The second-order valence-electron chi connectivity index (χ2n) is 13.6. The molecule has 1 aromatic heterocycles. The van der Waals surface area contributed by atoms with Crippen molar-refractivity contribution in [2.45, 2.75) is 64.2 Å². The number of anilines is 6. The van der Waals surface area contributed by atoms with Crippen LogP contribution in [0.3, 0.4) is 0 Å². The number of hydrogen-bond acceptors (Lipinski definition) is 3. The van der Waals surface area contributed by atoms with Crippen LogP contribution in [0.2, 0.25) is 0 Å². The van der Waals surface area contributed by atoms with Crippen molar-refractivity contribution in [3.63, 3.8) is 0 Å². The number of aryl methyl sites for hydroxylation is 2. The fourth-order valence-electron chi connectivity index (χ4n) is 8.69. The second-order valence-corrected chi connectivity index (χ2v) is 14.7. The van der Waals surface area contributed by atoms with Crippen LogP contribution in [0, 0.1) is 5.92 Å². The van der Waals surface area contributed by atoms with Crippen molar-refractivity contribution >= 4 is 67.9 Å². The molecule has 0 saturated heterocycles. The highest BCUT2D eigenvalue weighted by Gasteiger charge is 2.46. The van der Waals surface area contributed by atoms with E-state index in [1.165, 1.54) is 119 Å². The van der Waals surface area contributed by atoms with Crippen molar-refractivity contribution in [2.24, 2.45) is 5.92 Å². The molecule has 3 heterocycles. The molecule has 4 aliphatic rings. The molecule has 0 radical (unpaired) electrons. The van der Waals surface area contributed by atoms with Gasteiger partial charge in [0.2, 0.25) is 0 Å². The van der Waals surface area contributed by atoms with Gasteiger partial charge in [0, 0.05) is 38.1 Å². The molecule has 1 unspecified atom stereocenters. The number of hydrogen-bond donors (Lipinski definition) is 0. The van der Waals surface area contributed by atoms with Gasteiger partial charge in [-0.2, -0.15) is 11.3 Å². The van der Waals surface area contributed by atoms with Crippen LogP contribution < -0.4 is 25.5 Å². The summed E-state index contributed by atoms with van der Waals surface area (Å²) in [4.78, 5) is 6.83. The third-order valence-corrected chi connectivity index (χ3v) is 12.0. The van der Waals surface area contributed by atoms with E-state index in [0.29, 0.717) is 0 Å². The van der Waals surface area contributed by atoms with Crippen LogP contribution in [0.1, 0.15) is 60.9 Å². The predicted molar refractivity (Wildman–Crippen MR) is 194 cm³/mol. The largest absolute Gasteiger partial charge is 0.311 e. The molecule has 45 heavy (non-hydrogen) atoms. The molecule has 9 rings (SSSR count). The minimum absolute atomic E-state index is 0.243. The summed E-state index contributed by atoms with van der Waals surface area (Å²) in [6.45, 7) is 4.61. The second kappa shape index (κ2) is 11.1. The van der Waals surface area contributed by atoms with Gasteiger partial charge in [-0.05, 0) is 135 Å². The Hall–Kier alpha value is -4.02. The zero-order valence-electron chi connectivity index (χ0n) is 26.0. The molecule has 2 nitrogen and oxygen atoms in total. The van der Waals surface area contributed by atoms with Crippen LogP contribution in [0.4, 0.5) is 34.1 Å². The summed E-state index contributed by atoms with van der Waals surface area (Å²) >= 11 is 2.10. The molecule has 0 amide bonds. The maximum atomic E-state index is 4.37. The quantitative estimate of drug-likeness (QED) is 0.143. The topological polar surface area (TPSA) is 6.48 Å². The lowest BCUT2D eigenvalue weighted by Gasteiger charge is -2.43. The van der Waals surface area contributed by atoms with Crippen LogP contribution in [-0.2, 0) is 19.3 Å². The van der Waals surface area contributed by atoms with Crippen molar-refractivity contribution in [3.8, 4) is 0 Å². The highest BCUT2D eigenvalue weighted by molar-refractivity contribution is 7.29. The zero-order valence-corrected chi connectivity index (χ0v) is 26.8. The van der Waals surface area contributed by atoms with Gasteiger partial charge < -0.3 is 9.80 Å². The van der Waals surface area contributed by atoms with E-state index in [1.54, 1.807) is 10.4 Å². The number of benzene rings is 4. The van der Waals surface area contributed by atoms with Crippen molar-refractivity contribution in [3.05, 3.63) is 125 Å². The molecule has 0 bridgehead atoms. The Balaban J connectivity index is 1.30. The minimum Gasteiger partial charge on any atom is -0.311 e. The van der Waals surface area contributed by atoms with E-state index in [-0.39, 0.29) is 6.71 Å². The highest BCUT2D eigenvalue weighted by atomic mass is 32.1. The number of para-hydroxylation sites is 3. The molecule has 1 atom stereocenters. The van der Waals surface area contributed by atoms with Gasteiger partial charge in [0.15, 0.2) is 0 Å². The predicted octanol–water partition coefficient (Wildman–Crippen LogP) is 9.39. The SMILES string of the molecule is C=C1CCCC(CCc2cc3c4c(c2)N(c2ccccc2)c2c(sc5c2CCCC5)B4c2ccccc2N3c2ccccc2)C1. The first-order valence-electron chi connectivity index (χ1n) is 17.0. The normalized spacial score (nSPS) is 18.3. The summed E-state index contributed by atoms with van der Waals surface area (Å²) in [5, 5.41) is 0. The average Bonchev–Trinajstić information content (AvgIpc) is 3.47. The highest BCUT2D eigenvalue weighted by Crippen LogP contribution is 2.48. The molecule has 0 N–H and O–H groups in total. The average molecular weight is 603 g/mol. The first-order valence-corrected chi connectivity index (χ1v) is 17.8. The first-order chi connectivity index (χ1) is 22.2. The Morgan fingerprint density at radius 1 is 0.733 bits per heavy atom. The molecule has 5 aromatic rings.